The number of methoxy groups -OCH3 is 1. The average Bonchev–Trinajstić information content (AvgIpc) is 3.62. The van der Waals surface area contributed by atoms with Gasteiger partial charge in [-0.15, -0.1) is 0 Å². The molecule has 1 N–H and O–H groups in total. The second kappa shape index (κ2) is 10.7. The van der Waals surface area contributed by atoms with Crippen LogP contribution in [0.5, 0.6) is 11.5 Å². The molecule has 5 rings (SSSR count). The number of hydrogen-bond donors (Lipinski definition) is 1. The highest BCUT2D eigenvalue weighted by Crippen LogP contribution is 2.51. The van der Waals surface area contributed by atoms with Crippen LogP contribution in [0.3, 0.4) is 0 Å². The van der Waals surface area contributed by atoms with E-state index < -0.39 is 15.4 Å². The second-order valence-corrected chi connectivity index (χ2v) is 11.4. The van der Waals surface area contributed by atoms with Crippen LogP contribution in [0.25, 0.3) is 11.3 Å². The molecule has 10 heteroatoms. The van der Waals surface area contributed by atoms with E-state index in [-0.39, 0.29) is 17.6 Å². The molecule has 2 aromatic carbocycles. The summed E-state index contributed by atoms with van der Waals surface area (Å²) in [5, 5.41) is 2.97. The van der Waals surface area contributed by atoms with Gasteiger partial charge in [0.05, 0.1) is 22.6 Å². The van der Waals surface area contributed by atoms with Gasteiger partial charge < -0.3 is 19.5 Å². The normalized spacial score (nSPS) is 15.4. The van der Waals surface area contributed by atoms with Gasteiger partial charge in [-0.1, -0.05) is 31.2 Å². The molecular formula is C28H31N3O6S. The minimum Gasteiger partial charge on any atom is -0.454 e. The zero-order valence-corrected chi connectivity index (χ0v) is 22.3. The van der Waals surface area contributed by atoms with Crippen molar-refractivity contribution >= 4 is 21.7 Å². The van der Waals surface area contributed by atoms with Crippen molar-refractivity contribution in [1.82, 2.24) is 9.29 Å². The maximum Gasteiger partial charge on any atom is 0.243 e. The molecule has 1 aliphatic heterocycles. The number of aromatic nitrogens is 1. The number of carbonyl (C=O) groups excluding carboxylic acids is 1. The summed E-state index contributed by atoms with van der Waals surface area (Å²) in [7, 11) is -2.09. The summed E-state index contributed by atoms with van der Waals surface area (Å²) in [6, 6.07) is 17.7. The molecule has 0 saturated heterocycles. The molecule has 0 unspecified atom stereocenters. The first-order valence-corrected chi connectivity index (χ1v) is 14.1. The van der Waals surface area contributed by atoms with Crippen LogP contribution in [-0.4, -0.2) is 57.2 Å². The van der Waals surface area contributed by atoms with Crippen molar-refractivity contribution in [3.05, 3.63) is 66.2 Å². The van der Waals surface area contributed by atoms with E-state index in [0.29, 0.717) is 49.1 Å². The third-order valence-corrected chi connectivity index (χ3v) is 8.82. The van der Waals surface area contributed by atoms with Crippen molar-refractivity contribution in [1.29, 1.82) is 0 Å². The highest BCUT2D eigenvalue weighted by molar-refractivity contribution is 7.89. The molecule has 1 aliphatic carbocycles. The molecular weight excluding hydrogens is 506 g/mol. The highest BCUT2D eigenvalue weighted by atomic mass is 32.2. The lowest BCUT2D eigenvalue weighted by Crippen LogP contribution is -2.34. The molecule has 0 spiro atoms. The minimum absolute atomic E-state index is 0.116. The lowest BCUT2D eigenvalue weighted by atomic mass is 9.94. The monoisotopic (exact) mass is 537 g/mol. The number of fused-ring (bicyclic) bond motifs is 1. The number of amides is 1. The Morgan fingerprint density at radius 1 is 1.05 bits per heavy atom. The zero-order chi connectivity index (χ0) is 26.8. The van der Waals surface area contributed by atoms with Crippen LogP contribution in [0.15, 0.2) is 65.6 Å². The third-order valence-electron chi connectivity index (χ3n) is 6.91. The average molecular weight is 538 g/mol. The molecule has 1 aromatic heterocycles. The summed E-state index contributed by atoms with van der Waals surface area (Å²) in [6.07, 6.45) is 2.19. The maximum atomic E-state index is 13.3. The van der Waals surface area contributed by atoms with Crippen LogP contribution in [-0.2, 0) is 25.0 Å². The Kier molecular flexibility index (Phi) is 7.38. The fraction of sp³-hybridized carbons (Fsp3) is 0.357. The molecule has 9 nitrogen and oxygen atoms in total. The van der Waals surface area contributed by atoms with E-state index in [1.54, 1.807) is 37.4 Å². The molecule has 3 aromatic rings. The van der Waals surface area contributed by atoms with Crippen molar-refractivity contribution in [3.63, 3.8) is 0 Å². The maximum absolute atomic E-state index is 13.3. The summed E-state index contributed by atoms with van der Waals surface area (Å²) in [6.45, 7) is 3.17. The van der Waals surface area contributed by atoms with Gasteiger partial charge in [-0.3, -0.25) is 4.79 Å². The van der Waals surface area contributed by atoms with Gasteiger partial charge in [-0.2, -0.15) is 4.31 Å². The van der Waals surface area contributed by atoms with Crippen LogP contribution < -0.4 is 14.8 Å². The molecule has 200 valence electrons. The number of anilines is 1. The number of nitrogens with one attached hydrogen (secondary N) is 1. The molecule has 0 atom stereocenters. The summed E-state index contributed by atoms with van der Waals surface area (Å²) in [5.74, 6) is 1.66. The number of rotatable bonds is 11. The van der Waals surface area contributed by atoms with Crippen molar-refractivity contribution in [2.24, 2.45) is 0 Å². The van der Waals surface area contributed by atoms with Gasteiger partial charge in [0, 0.05) is 25.8 Å². The SMILES string of the molecule is CCCN(CCOC)S(=O)(=O)c1ccc(-c2cccc(NC(=O)C3(c4ccc5c(c4)OCO5)CC3)n2)cc1. The standard InChI is InChI=1S/C28H31N3O6S/c1-3-15-31(16-17-35-2)38(33,34)22-10-7-20(8-11-22)23-5-4-6-26(29-23)30-27(32)28(13-14-28)21-9-12-24-25(18-21)37-19-36-24/h4-12,18H,3,13-17,19H2,1-2H3,(H,29,30,32). The van der Waals surface area contributed by atoms with E-state index in [4.69, 9.17) is 14.2 Å². The molecule has 2 aliphatic rings. The second-order valence-electron chi connectivity index (χ2n) is 9.43. The first kappa shape index (κ1) is 26.1. The topological polar surface area (TPSA) is 107 Å². The fourth-order valence-electron chi connectivity index (χ4n) is 4.61. The molecule has 1 fully saturated rings. The summed E-state index contributed by atoms with van der Waals surface area (Å²) in [4.78, 5) is 18.1. The van der Waals surface area contributed by atoms with Gasteiger partial charge in [0.15, 0.2) is 11.5 Å². The van der Waals surface area contributed by atoms with Crippen LogP contribution >= 0.6 is 0 Å². The van der Waals surface area contributed by atoms with Crippen molar-refractivity contribution in [2.45, 2.75) is 36.5 Å². The van der Waals surface area contributed by atoms with Crippen LogP contribution in [0.2, 0.25) is 0 Å². The van der Waals surface area contributed by atoms with Crippen molar-refractivity contribution in [3.8, 4) is 22.8 Å². The predicted octanol–water partition coefficient (Wildman–Crippen LogP) is 4.19. The van der Waals surface area contributed by atoms with E-state index in [0.717, 1.165) is 24.0 Å². The summed E-state index contributed by atoms with van der Waals surface area (Å²) < 4.78 is 43.6. The minimum atomic E-state index is -3.64. The van der Waals surface area contributed by atoms with Crippen molar-refractivity contribution < 1.29 is 27.4 Å². The fourth-order valence-corrected chi connectivity index (χ4v) is 6.12. The Morgan fingerprint density at radius 3 is 2.53 bits per heavy atom. The number of benzene rings is 2. The molecule has 1 saturated carbocycles. The predicted molar refractivity (Wildman–Crippen MR) is 143 cm³/mol. The quantitative estimate of drug-likeness (QED) is 0.391. The van der Waals surface area contributed by atoms with Gasteiger partial charge in [-0.25, -0.2) is 13.4 Å². The van der Waals surface area contributed by atoms with Crippen molar-refractivity contribution in [2.75, 3.05) is 38.9 Å². The number of nitrogens with zero attached hydrogens (tertiary/aromatic N) is 2. The Labute approximate surface area is 222 Å². The number of ether oxygens (including phenoxy) is 3. The van der Waals surface area contributed by atoms with Gasteiger partial charge in [0.1, 0.15) is 5.82 Å². The van der Waals surface area contributed by atoms with E-state index in [1.807, 2.05) is 37.3 Å². The Morgan fingerprint density at radius 2 is 1.82 bits per heavy atom. The number of pyridine rings is 1. The third kappa shape index (κ3) is 5.11. The summed E-state index contributed by atoms with van der Waals surface area (Å²) >= 11 is 0. The van der Waals surface area contributed by atoms with Gasteiger partial charge in [0.25, 0.3) is 0 Å². The molecule has 2 heterocycles. The van der Waals surface area contributed by atoms with Crippen LogP contribution in [0.1, 0.15) is 31.7 Å². The van der Waals surface area contributed by atoms with Gasteiger partial charge >= 0.3 is 0 Å². The van der Waals surface area contributed by atoms with Gasteiger partial charge in [-0.05, 0) is 61.2 Å². The van der Waals surface area contributed by atoms with E-state index in [9.17, 15) is 13.2 Å². The molecule has 1 amide bonds. The van der Waals surface area contributed by atoms with Gasteiger partial charge in [0.2, 0.25) is 22.7 Å². The zero-order valence-electron chi connectivity index (χ0n) is 21.5. The molecule has 0 bridgehead atoms. The Hall–Kier alpha value is -3.47. The summed E-state index contributed by atoms with van der Waals surface area (Å²) in [5.41, 5.74) is 1.66. The van der Waals surface area contributed by atoms with Crippen LogP contribution in [0.4, 0.5) is 5.82 Å². The lowest BCUT2D eigenvalue weighted by molar-refractivity contribution is -0.118. The lowest BCUT2D eigenvalue weighted by Gasteiger charge is -2.21. The van der Waals surface area contributed by atoms with E-state index >= 15 is 0 Å². The number of sulfonamides is 1. The first-order valence-electron chi connectivity index (χ1n) is 12.7. The first-order chi connectivity index (χ1) is 18.4. The number of carbonyl (C=O) groups is 1. The van der Waals surface area contributed by atoms with E-state index in [2.05, 4.69) is 10.3 Å². The number of hydrogen-bond acceptors (Lipinski definition) is 7. The largest absolute Gasteiger partial charge is 0.454 e. The highest BCUT2D eigenvalue weighted by Gasteiger charge is 2.51. The Bertz CT molecular complexity index is 1420. The molecule has 0 radical (unpaired) electrons. The Balaban J connectivity index is 1.31. The smallest absolute Gasteiger partial charge is 0.243 e. The van der Waals surface area contributed by atoms with E-state index in [1.165, 1.54) is 4.31 Å². The van der Waals surface area contributed by atoms with Crippen LogP contribution in [0, 0.1) is 0 Å². The molecule has 38 heavy (non-hydrogen) atoms.